The minimum absolute atomic E-state index is 0. The molecule has 2 N–H and O–H groups in total. The maximum atomic E-state index is 12.6. The van der Waals surface area contributed by atoms with Gasteiger partial charge < -0.3 is 10.6 Å². The summed E-state index contributed by atoms with van der Waals surface area (Å²) in [6.45, 7) is 3.74. The number of nitrogens with zero attached hydrogens (tertiary/aromatic N) is 2. The van der Waals surface area contributed by atoms with E-state index in [9.17, 15) is 4.79 Å². The second-order valence-electron chi connectivity index (χ2n) is 7.90. The number of hydrogen-bond donors (Lipinski definition) is 1. The van der Waals surface area contributed by atoms with Gasteiger partial charge in [-0.2, -0.15) is 0 Å². The van der Waals surface area contributed by atoms with E-state index < -0.39 is 6.04 Å². The number of rotatable bonds is 4. The molecule has 4 unspecified atom stereocenters. The molecule has 4 rings (SSSR count). The van der Waals surface area contributed by atoms with E-state index in [1.807, 2.05) is 35.2 Å². The lowest BCUT2D eigenvalue weighted by molar-refractivity contribution is -0.134. The Kier molecular flexibility index (Phi) is 7.77. The van der Waals surface area contributed by atoms with Gasteiger partial charge in [-0.3, -0.25) is 9.69 Å². The van der Waals surface area contributed by atoms with Crippen molar-refractivity contribution >= 4 is 30.7 Å². The van der Waals surface area contributed by atoms with Gasteiger partial charge in [0.15, 0.2) is 0 Å². The molecular weight excluding hydrogens is 369 g/mol. The number of carbonyl (C=O) groups is 1. The molecule has 3 aliphatic rings. The Balaban J connectivity index is 0.00000121. The van der Waals surface area contributed by atoms with Crippen molar-refractivity contribution in [2.75, 3.05) is 26.2 Å². The minimum atomic E-state index is -0.415. The van der Waals surface area contributed by atoms with Crippen LogP contribution in [0.25, 0.3) is 0 Å². The van der Waals surface area contributed by atoms with E-state index in [1.54, 1.807) is 0 Å². The van der Waals surface area contributed by atoms with Crippen molar-refractivity contribution in [3.63, 3.8) is 0 Å². The number of amides is 1. The van der Waals surface area contributed by atoms with Crippen molar-refractivity contribution in [2.24, 2.45) is 17.6 Å². The van der Waals surface area contributed by atoms with Crippen LogP contribution >= 0.6 is 24.8 Å². The van der Waals surface area contributed by atoms with Crippen LogP contribution in [-0.4, -0.2) is 54.0 Å². The summed E-state index contributed by atoms with van der Waals surface area (Å²) in [5.74, 6) is 2.03. The summed E-state index contributed by atoms with van der Waals surface area (Å²) in [4.78, 5) is 17.3. The second kappa shape index (κ2) is 9.41. The third kappa shape index (κ3) is 4.53. The molecule has 6 heteroatoms. The Morgan fingerprint density at radius 1 is 1.04 bits per heavy atom. The van der Waals surface area contributed by atoms with Crippen molar-refractivity contribution in [1.29, 1.82) is 0 Å². The van der Waals surface area contributed by atoms with Crippen molar-refractivity contribution in [2.45, 2.75) is 44.2 Å². The van der Waals surface area contributed by atoms with Crippen LogP contribution < -0.4 is 5.73 Å². The van der Waals surface area contributed by atoms with Crippen molar-refractivity contribution in [3.8, 4) is 0 Å². The fourth-order valence-corrected chi connectivity index (χ4v) is 5.12. The number of carbonyl (C=O) groups excluding carboxylic acids is 1. The van der Waals surface area contributed by atoms with Crippen LogP contribution in [0.1, 0.15) is 31.2 Å². The quantitative estimate of drug-likeness (QED) is 0.846. The number of piperazine rings is 1. The second-order valence-corrected chi connectivity index (χ2v) is 7.90. The van der Waals surface area contributed by atoms with Gasteiger partial charge in [0, 0.05) is 32.2 Å². The van der Waals surface area contributed by atoms with E-state index in [4.69, 9.17) is 5.73 Å². The molecule has 1 saturated heterocycles. The average molecular weight is 400 g/mol. The van der Waals surface area contributed by atoms with Crippen LogP contribution in [-0.2, 0) is 11.2 Å². The Morgan fingerprint density at radius 3 is 2.31 bits per heavy atom. The molecule has 26 heavy (non-hydrogen) atoms. The number of hydrogen-bond acceptors (Lipinski definition) is 3. The van der Waals surface area contributed by atoms with E-state index in [0.29, 0.717) is 6.42 Å². The molecule has 1 aromatic rings. The van der Waals surface area contributed by atoms with Gasteiger partial charge in [0.05, 0.1) is 6.04 Å². The summed E-state index contributed by atoms with van der Waals surface area (Å²) >= 11 is 0. The molecule has 1 amide bonds. The predicted octanol–water partition coefficient (Wildman–Crippen LogP) is 2.73. The number of nitrogens with two attached hydrogens (primary N) is 1. The minimum Gasteiger partial charge on any atom is -0.339 e. The van der Waals surface area contributed by atoms with E-state index in [-0.39, 0.29) is 30.7 Å². The van der Waals surface area contributed by atoms with Crippen molar-refractivity contribution in [3.05, 3.63) is 35.9 Å². The molecule has 2 saturated carbocycles. The standard InChI is InChI=1S/C20H29N3O.2ClH/c21-18(13-15-4-2-1-3-5-15)20(24)23-10-8-22(9-11-23)19-14-16-6-7-17(19)12-16;;/h1-5,16-19H,6-14,21H2;2*1H. The topological polar surface area (TPSA) is 49.6 Å². The molecule has 146 valence electrons. The van der Waals surface area contributed by atoms with Crippen LogP contribution in [0, 0.1) is 11.8 Å². The van der Waals surface area contributed by atoms with Gasteiger partial charge in [0.25, 0.3) is 0 Å². The van der Waals surface area contributed by atoms with Gasteiger partial charge in [-0.25, -0.2) is 0 Å². The highest BCUT2D eigenvalue weighted by Gasteiger charge is 2.43. The molecule has 0 spiro atoms. The number of fused-ring (bicyclic) bond motifs is 2. The number of halogens is 2. The van der Waals surface area contributed by atoms with Gasteiger partial charge in [-0.05, 0) is 43.1 Å². The van der Waals surface area contributed by atoms with Crippen molar-refractivity contribution < 1.29 is 4.79 Å². The van der Waals surface area contributed by atoms with E-state index in [0.717, 1.165) is 49.6 Å². The molecule has 4 atom stereocenters. The molecular formula is C20H31Cl2N3O. The summed E-state index contributed by atoms with van der Waals surface area (Å²) < 4.78 is 0. The van der Waals surface area contributed by atoms with Gasteiger partial charge in [-0.15, -0.1) is 24.8 Å². The van der Waals surface area contributed by atoms with Gasteiger partial charge in [0.1, 0.15) is 0 Å². The molecule has 4 nitrogen and oxygen atoms in total. The highest BCUT2D eigenvalue weighted by molar-refractivity contribution is 5.85. The predicted molar refractivity (Wildman–Crippen MR) is 110 cm³/mol. The Bertz CT molecular complexity index is 578. The molecule has 1 aromatic carbocycles. The first-order valence-electron chi connectivity index (χ1n) is 9.53. The molecule has 2 aliphatic carbocycles. The van der Waals surface area contributed by atoms with E-state index >= 15 is 0 Å². The maximum absolute atomic E-state index is 12.6. The van der Waals surface area contributed by atoms with E-state index in [2.05, 4.69) is 4.90 Å². The summed E-state index contributed by atoms with van der Waals surface area (Å²) in [5.41, 5.74) is 7.32. The highest BCUT2D eigenvalue weighted by Crippen LogP contribution is 2.46. The molecule has 1 heterocycles. The zero-order chi connectivity index (χ0) is 16.5. The van der Waals surface area contributed by atoms with Crippen LogP contribution in [0.3, 0.4) is 0 Å². The smallest absolute Gasteiger partial charge is 0.239 e. The normalized spacial score (nSPS) is 29.0. The lowest BCUT2D eigenvalue weighted by Gasteiger charge is -2.41. The monoisotopic (exact) mass is 399 g/mol. The van der Waals surface area contributed by atoms with Crippen LogP contribution in [0.5, 0.6) is 0 Å². The Labute approximate surface area is 169 Å². The highest BCUT2D eigenvalue weighted by atomic mass is 35.5. The first-order chi connectivity index (χ1) is 11.7. The molecule has 2 bridgehead atoms. The zero-order valence-corrected chi connectivity index (χ0v) is 16.9. The SMILES string of the molecule is Cl.Cl.NC(Cc1ccccc1)C(=O)N1CCN(C2CC3CCC2C3)CC1. The first kappa shape index (κ1) is 21.5. The van der Waals surface area contributed by atoms with Crippen LogP contribution in [0.15, 0.2) is 30.3 Å². The molecule has 3 fully saturated rings. The molecule has 0 radical (unpaired) electrons. The summed E-state index contributed by atoms with van der Waals surface area (Å²) in [7, 11) is 0. The first-order valence-corrected chi connectivity index (χ1v) is 9.53. The lowest BCUT2D eigenvalue weighted by atomic mass is 9.93. The molecule has 0 aromatic heterocycles. The fourth-order valence-electron chi connectivity index (χ4n) is 5.12. The third-order valence-corrected chi connectivity index (χ3v) is 6.41. The van der Waals surface area contributed by atoms with Gasteiger partial charge in [0.2, 0.25) is 5.91 Å². The lowest BCUT2D eigenvalue weighted by Crippen LogP contribution is -2.56. The fraction of sp³-hybridized carbons (Fsp3) is 0.650. The molecule has 1 aliphatic heterocycles. The summed E-state index contributed by atoms with van der Waals surface area (Å²) in [6.07, 6.45) is 6.36. The largest absolute Gasteiger partial charge is 0.339 e. The number of benzene rings is 1. The summed E-state index contributed by atoms with van der Waals surface area (Å²) in [5, 5.41) is 0. The Morgan fingerprint density at radius 2 is 1.73 bits per heavy atom. The van der Waals surface area contributed by atoms with Gasteiger partial charge in [-0.1, -0.05) is 36.8 Å². The zero-order valence-electron chi connectivity index (χ0n) is 15.3. The third-order valence-electron chi connectivity index (χ3n) is 6.41. The average Bonchev–Trinajstić information content (AvgIpc) is 3.25. The Hall–Kier alpha value is -0.810. The van der Waals surface area contributed by atoms with Crippen LogP contribution in [0.2, 0.25) is 0 Å². The van der Waals surface area contributed by atoms with Crippen LogP contribution in [0.4, 0.5) is 0 Å². The summed E-state index contributed by atoms with van der Waals surface area (Å²) in [6, 6.07) is 10.5. The van der Waals surface area contributed by atoms with Crippen molar-refractivity contribution in [1.82, 2.24) is 9.80 Å². The van der Waals surface area contributed by atoms with Gasteiger partial charge >= 0.3 is 0 Å². The maximum Gasteiger partial charge on any atom is 0.239 e. The van der Waals surface area contributed by atoms with E-state index in [1.165, 1.54) is 25.7 Å².